The molecule has 1 N–H and O–H groups in total. The number of quaternary nitrogens is 1. The van der Waals surface area contributed by atoms with E-state index >= 15 is 0 Å². The van der Waals surface area contributed by atoms with E-state index in [1.54, 1.807) is 0 Å². The fourth-order valence-electron chi connectivity index (χ4n) is 0.947. The van der Waals surface area contributed by atoms with E-state index in [1.807, 2.05) is 0 Å². The molecule has 0 atom stereocenters. The monoisotopic (exact) mass is 100 g/mol. The normalized spacial score (nSPS) is 22.9. The van der Waals surface area contributed by atoms with E-state index in [0.29, 0.717) is 0 Å². The van der Waals surface area contributed by atoms with E-state index in [1.165, 1.54) is 12.8 Å². The van der Waals surface area contributed by atoms with Crippen molar-refractivity contribution in [3.63, 3.8) is 0 Å². The number of amides is 1. The molecule has 1 aliphatic heterocycles. The van der Waals surface area contributed by atoms with Crippen LogP contribution in [0.3, 0.4) is 0 Å². The van der Waals surface area contributed by atoms with Crippen LogP contribution in [0.4, 0.5) is 0 Å². The van der Waals surface area contributed by atoms with Crippen LogP contribution < -0.4 is 4.90 Å². The summed E-state index contributed by atoms with van der Waals surface area (Å²) < 4.78 is 0. The Morgan fingerprint density at radius 1 is 1.29 bits per heavy atom. The molecule has 7 heavy (non-hydrogen) atoms. The lowest BCUT2D eigenvalue weighted by atomic mass is 10.4. The van der Waals surface area contributed by atoms with Crippen molar-refractivity contribution in [3.8, 4) is 0 Å². The highest BCUT2D eigenvalue weighted by Crippen LogP contribution is 1.84. The molecule has 0 radical (unpaired) electrons. The average Bonchev–Trinajstić information content (AvgIpc) is 2.14. The van der Waals surface area contributed by atoms with Crippen LogP contribution in [0.5, 0.6) is 0 Å². The standard InChI is InChI=1S/C5H9NO/c7-5-6-3-1-2-4-6/h5H,1-4H2/p+1. The zero-order valence-corrected chi connectivity index (χ0v) is 4.31. The van der Waals surface area contributed by atoms with Gasteiger partial charge >= 0.3 is 0 Å². The zero-order valence-electron chi connectivity index (χ0n) is 4.31. The molecule has 1 fully saturated rings. The third-order valence-corrected chi connectivity index (χ3v) is 1.41. The van der Waals surface area contributed by atoms with Crippen LogP contribution in [0.2, 0.25) is 0 Å². The summed E-state index contributed by atoms with van der Waals surface area (Å²) >= 11 is 0. The number of hydrogen-bond acceptors (Lipinski definition) is 1. The predicted octanol–water partition coefficient (Wildman–Crippen LogP) is -1.18. The summed E-state index contributed by atoms with van der Waals surface area (Å²) in [5.74, 6) is 0. The molecule has 1 amide bonds. The molecular formula is C5H10NO+. The van der Waals surface area contributed by atoms with Gasteiger partial charge < -0.3 is 0 Å². The smallest absolute Gasteiger partial charge is 0.275 e. The van der Waals surface area contributed by atoms with Gasteiger partial charge in [0, 0.05) is 12.8 Å². The van der Waals surface area contributed by atoms with Crippen LogP contribution in [-0.4, -0.2) is 19.5 Å². The summed E-state index contributed by atoms with van der Waals surface area (Å²) in [6, 6.07) is 0. The molecule has 0 aromatic heterocycles. The molecule has 2 heteroatoms. The van der Waals surface area contributed by atoms with Gasteiger partial charge in [0.25, 0.3) is 6.41 Å². The van der Waals surface area contributed by atoms with Crippen molar-refractivity contribution >= 4 is 6.41 Å². The van der Waals surface area contributed by atoms with Gasteiger partial charge in [-0.15, -0.1) is 0 Å². The molecule has 1 saturated heterocycles. The van der Waals surface area contributed by atoms with Gasteiger partial charge in [-0.3, -0.25) is 4.90 Å². The van der Waals surface area contributed by atoms with Gasteiger partial charge in [-0.1, -0.05) is 0 Å². The van der Waals surface area contributed by atoms with Crippen LogP contribution in [-0.2, 0) is 4.79 Å². The SMILES string of the molecule is O=C[NH+]1CCCC1. The molecule has 0 aromatic rings. The summed E-state index contributed by atoms with van der Waals surface area (Å²) in [5.41, 5.74) is 0. The highest BCUT2D eigenvalue weighted by Gasteiger charge is 2.12. The molecule has 0 bridgehead atoms. The molecule has 0 saturated carbocycles. The Morgan fingerprint density at radius 2 is 1.86 bits per heavy atom. The van der Waals surface area contributed by atoms with Crippen molar-refractivity contribution in [2.45, 2.75) is 12.8 Å². The van der Waals surface area contributed by atoms with Crippen LogP contribution in [0.1, 0.15) is 12.8 Å². The molecule has 2 nitrogen and oxygen atoms in total. The lowest BCUT2D eigenvalue weighted by Gasteiger charge is -1.96. The molecule has 0 unspecified atom stereocenters. The van der Waals surface area contributed by atoms with Crippen LogP contribution in [0.15, 0.2) is 0 Å². The third kappa shape index (κ3) is 0.996. The summed E-state index contributed by atoms with van der Waals surface area (Å²) in [4.78, 5) is 11.1. The maximum atomic E-state index is 9.97. The van der Waals surface area contributed by atoms with Crippen molar-refractivity contribution in [3.05, 3.63) is 0 Å². The van der Waals surface area contributed by atoms with Crippen LogP contribution in [0.25, 0.3) is 0 Å². The van der Waals surface area contributed by atoms with Crippen molar-refractivity contribution in [1.29, 1.82) is 0 Å². The Morgan fingerprint density at radius 3 is 2.14 bits per heavy atom. The van der Waals surface area contributed by atoms with E-state index in [2.05, 4.69) is 0 Å². The Kier molecular flexibility index (Phi) is 1.42. The van der Waals surface area contributed by atoms with Gasteiger partial charge in [0.2, 0.25) is 0 Å². The first-order valence-corrected chi connectivity index (χ1v) is 2.73. The Balaban J connectivity index is 2.26. The van der Waals surface area contributed by atoms with Crippen LogP contribution in [0, 0.1) is 0 Å². The topological polar surface area (TPSA) is 21.5 Å². The predicted molar refractivity (Wildman–Crippen MR) is 26.0 cm³/mol. The van der Waals surface area contributed by atoms with Crippen molar-refractivity contribution < 1.29 is 9.69 Å². The minimum absolute atomic E-state index is 1.01. The van der Waals surface area contributed by atoms with Gasteiger partial charge in [0.05, 0.1) is 13.1 Å². The fourth-order valence-corrected chi connectivity index (χ4v) is 0.947. The van der Waals surface area contributed by atoms with Gasteiger partial charge in [-0.05, 0) is 0 Å². The van der Waals surface area contributed by atoms with E-state index in [-0.39, 0.29) is 0 Å². The molecule has 1 rings (SSSR count). The number of carbonyl (C=O) groups excluding carboxylic acids is 1. The maximum absolute atomic E-state index is 9.97. The largest absolute Gasteiger partial charge is 0.299 e. The fraction of sp³-hybridized carbons (Fsp3) is 0.800. The Labute approximate surface area is 43.1 Å². The number of nitrogens with one attached hydrogen (secondary N) is 1. The zero-order chi connectivity index (χ0) is 5.11. The molecule has 1 aliphatic rings. The number of likely N-dealkylation sites (tertiary alicyclic amines) is 1. The van der Waals surface area contributed by atoms with E-state index in [4.69, 9.17) is 0 Å². The van der Waals surface area contributed by atoms with Gasteiger partial charge in [0.15, 0.2) is 0 Å². The summed E-state index contributed by atoms with van der Waals surface area (Å²) in [7, 11) is 0. The van der Waals surface area contributed by atoms with Gasteiger partial charge in [0.1, 0.15) is 0 Å². The van der Waals surface area contributed by atoms with Crippen LogP contribution >= 0.6 is 0 Å². The minimum atomic E-state index is 1.01. The molecule has 0 spiro atoms. The quantitative estimate of drug-likeness (QED) is 0.412. The van der Waals surface area contributed by atoms with Crippen molar-refractivity contribution in [2.75, 3.05) is 13.1 Å². The van der Waals surface area contributed by atoms with E-state index in [9.17, 15) is 4.79 Å². The minimum Gasteiger partial charge on any atom is -0.275 e. The second-order valence-electron chi connectivity index (χ2n) is 1.98. The second-order valence-corrected chi connectivity index (χ2v) is 1.98. The molecule has 1 heterocycles. The molecule has 40 valence electrons. The number of carbonyl (C=O) groups is 1. The van der Waals surface area contributed by atoms with Crippen molar-refractivity contribution in [1.82, 2.24) is 0 Å². The Hall–Kier alpha value is -0.370. The maximum Gasteiger partial charge on any atom is 0.299 e. The van der Waals surface area contributed by atoms with E-state index in [0.717, 1.165) is 24.4 Å². The summed E-state index contributed by atoms with van der Waals surface area (Å²) in [5, 5.41) is 0. The second kappa shape index (κ2) is 2.07. The first-order chi connectivity index (χ1) is 3.43. The molecular weight excluding hydrogens is 90.1 g/mol. The number of rotatable bonds is 1. The molecule has 0 aromatic carbocycles. The lowest BCUT2D eigenvalue weighted by Crippen LogP contribution is -3.08. The Bertz CT molecular complexity index is 66.5. The summed E-state index contributed by atoms with van der Waals surface area (Å²) in [6.07, 6.45) is 3.47. The highest BCUT2D eigenvalue weighted by atomic mass is 16.1. The lowest BCUT2D eigenvalue weighted by molar-refractivity contribution is -0.796. The van der Waals surface area contributed by atoms with Gasteiger partial charge in [-0.2, -0.15) is 0 Å². The summed E-state index contributed by atoms with van der Waals surface area (Å²) in [6.45, 7) is 2.12. The first-order valence-electron chi connectivity index (χ1n) is 2.73. The van der Waals surface area contributed by atoms with Gasteiger partial charge in [-0.25, -0.2) is 4.79 Å². The van der Waals surface area contributed by atoms with Crippen molar-refractivity contribution in [2.24, 2.45) is 0 Å². The average molecular weight is 100 g/mol. The first kappa shape index (κ1) is 4.78. The number of hydrogen-bond donors (Lipinski definition) is 1. The highest BCUT2D eigenvalue weighted by molar-refractivity contribution is 5.33. The van der Waals surface area contributed by atoms with E-state index < -0.39 is 0 Å². The third-order valence-electron chi connectivity index (χ3n) is 1.41. The molecule has 0 aliphatic carbocycles.